The van der Waals surface area contributed by atoms with E-state index in [4.69, 9.17) is 4.74 Å². The van der Waals surface area contributed by atoms with Gasteiger partial charge in [-0.15, -0.1) is 0 Å². The Bertz CT molecular complexity index is 869. The van der Waals surface area contributed by atoms with Crippen LogP contribution in [0.2, 0.25) is 0 Å². The van der Waals surface area contributed by atoms with Gasteiger partial charge in [-0.3, -0.25) is 14.8 Å². The molecule has 0 N–H and O–H groups in total. The Morgan fingerprint density at radius 3 is 2.93 bits per heavy atom. The highest BCUT2D eigenvalue weighted by molar-refractivity contribution is 5.95. The third kappa shape index (κ3) is 6.18. The average Bonchev–Trinajstić information content (AvgIpc) is 3.14. The largest absolute Gasteiger partial charge is 0.468 e. The first-order chi connectivity index (χ1) is 14.7. The van der Waals surface area contributed by atoms with Crippen molar-refractivity contribution in [1.29, 1.82) is 5.26 Å². The van der Waals surface area contributed by atoms with Crippen LogP contribution in [0.15, 0.2) is 54.2 Å². The number of fused-ring (bicyclic) bond motifs is 2. The zero-order chi connectivity index (χ0) is 21.8. The van der Waals surface area contributed by atoms with Gasteiger partial charge in [0.2, 0.25) is 0 Å². The van der Waals surface area contributed by atoms with Gasteiger partial charge in [-0.1, -0.05) is 33.1 Å². The van der Waals surface area contributed by atoms with Crippen molar-refractivity contribution in [3.63, 3.8) is 0 Å². The van der Waals surface area contributed by atoms with Crippen molar-refractivity contribution in [2.45, 2.75) is 46.5 Å². The Hall–Kier alpha value is -3.14. The van der Waals surface area contributed by atoms with E-state index >= 15 is 0 Å². The molecule has 2 unspecified atom stereocenters. The van der Waals surface area contributed by atoms with E-state index < -0.39 is 0 Å². The lowest BCUT2D eigenvalue weighted by Gasteiger charge is -2.21. The maximum Gasteiger partial charge on any atom is 0.293 e. The van der Waals surface area contributed by atoms with Gasteiger partial charge in [0.15, 0.2) is 0 Å². The van der Waals surface area contributed by atoms with E-state index in [9.17, 15) is 10.1 Å². The number of aliphatic imine (C=N–C) groups is 4. The molecule has 0 aromatic carbocycles. The minimum Gasteiger partial charge on any atom is -0.468 e. The standard InChI is InChI=1S/C14H11N5.C9H18O2/c1-9(5-15)13-10-4-12(19-8-17-6-10)14-11(13)7-16-2-3-18-14;1-3-5-6-9(4-2)7-11-8-10/h3-4,6-8,10H,2H2,1H3;8-9H,3-7H2,1-2H3/b13-9+;. The van der Waals surface area contributed by atoms with Crippen LogP contribution in [0.5, 0.6) is 0 Å². The predicted molar refractivity (Wildman–Crippen MR) is 121 cm³/mol. The van der Waals surface area contributed by atoms with Crippen LogP contribution in [0.25, 0.3) is 0 Å². The lowest BCUT2D eigenvalue weighted by Crippen LogP contribution is -2.15. The normalized spacial score (nSPS) is 21.3. The molecule has 0 spiro atoms. The molecule has 158 valence electrons. The van der Waals surface area contributed by atoms with Crippen LogP contribution in [0, 0.1) is 23.2 Å². The summed E-state index contributed by atoms with van der Waals surface area (Å²) in [5.41, 5.74) is 4.00. The fraction of sp³-hybridized carbons (Fsp3) is 0.478. The second kappa shape index (κ2) is 12.4. The van der Waals surface area contributed by atoms with Crippen LogP contribution in [0.4, 0.5) is 0 Å². The minimum atomic E-state index is -0.0457. The second-order valence-electron chi connectivity index (χ2n) is 7.19. The second-order valence-corrected chi connectivity index (χ2v) is 7.19. The van der Waals surface area contributed by atoms with Gasteiger partial charge in [0.25, 0.3) is 6.47 Å². The first kappa shape index (κ1) is 23.1. The number of ether oxygens (including phenoxy) is 1. The van der Waals surface area contributed by atoms with Crippen LogP contribution >= 0.6 is 0 Å². The van der Waals surface area contributed by atoms with E-state index in [1.54, 1.807) is 25.6 Å². The molecule has 0 radical (unpaired) electrons. The van der Waals surface area contributed by atoms with Gasteiger partial charge in [0, 0.05) is 35.7 Å². The molecule has 1 aliphatic carbocycles. The summed E-state index contributed by atoms with van der Waals surface area (Å²) in [5, 5.41) is 9.21. The molecule has 0 saturated heterocycles. The van der Waals surface area contributed by atoms with Gasteiger partial charge < -0.3 is 4.74 Å². The van der Waals surface area contributed by atoms with Crippen molar-refractivity contribution >= 4 is 31.5 Å². The lowest BCUT2D eigenvalue weighted by molar-refractivity contribution is -0.130. The fourth-order valence-electron chi connectivity index (χ4n) is 3.40. The molecule has 0 saturated carbocycles. The highest BCUT2D eigenvalue weighted by Crippen LogP contribution is 2.36. The van der Waals surface area contributed by atoms with Crippen molar-refractivity contribution in [1.82, 2.24) is 0 Å². The van der Waals surface area contributed by atoms with E-state index in [0.717, 1.165) is 29.0 Å². The Morgan fingerprint density at radius 1 is 1.40 bits per heavy atom. The van der Waals surface area contributed by atoms with E-state index in [1.807, 2.05) is 6.08 Å². The molecular formula is C23H29N5O2. The smallest absolute Gasteiger partial charge is 0.293 e. The van der Waals surface area contributed by atoms with Gasteiger partial charge >= 0.3 is 0 Å². The maximum atomic E-state index is 9.88. The number of hydrogen-bond acceptors (Lipinski definition) is 7. The average molecular weight is 408 g/mol. The molecule has 7 nitrogen and oxygen atoms in total. The third-order valence-electron chi connectivity index (χ3n) is 5.11. The van der Waals surface area contributed by atoms with Crippen LogP contribution < -0.4 is 0 Å². The first-order valence-corrected chi connectivity index (χ1v) is 10.4. The summed E-state index contributed by atoms with van der Waals surface area (Å²) in [6.45, 7) is 7.79. The van der Waals surface area contributed by atoms with Crippen molar-refractivity contribution < 1.29 is 9.53 Å². The molecule has 0 fully saturated rings. The van der Waals surface area contributed by atoms with E-state index in [0.29, 0.717) is 31.1 Å². The Morgan fingerprint density at radius 2 is 2.23 bits per heavy atom. The quantitative estimate of drug-likeness (QED) is 0.466. The number of hydrogen-bond donors (Lipinski definition) is 0. The minimum absolute atomic E-state index is 0.0457. The van der Waals surface area contributed by atoms with Crippen molar-refractivity contribution in [3.8, 4) is 6.07 Å². The number of nitrogens with zero attached hydrogens (tertiary/aromatic N) is 5. The number of unbranched alkanes of at least 4 members (excludes halogenated alkanes) is 1. The van der Waals surface area contributed by atoms with Crippen molar-refractivity contribution in [2.75, 3.05) is 13.2 Å². The monoisotopic (exact) mass is 407 g/mol. The third-order valence-corrected chi connectivity index (χ3v) is 5.11. The van der Waals surface area contributed by atoms with Gasteiger partial charge in [-0.2, -0.15) is 5.26 Å². The highest BCUT2D eigenvalue weighted by atomic mass is 16.5. The van der Waals surface area contributed by atoms with Crippen molar-refractivity contribution in [3.05, 3.63) is 34.2 Å². The lowest BCUT2D eigenvalue weighted by atomic mass is 9.83. The highest BCUT2D eigenvalue weighted by Gasteiger charge is 2.28. The van der Waals surface area contributed by atoms with Crippen molar-refractivity contribution in [2.24, 2.45) is 31.8 Å². The summed E-state index contributed by atoms with van der Waals surface area (Å²) < 4.78 is 4.70. The summed E-state index contributed by atoms with van der Waals surface area (Å²) >= 11 is 0. The molecule has 2 heterocycles. The molecule has 0 aromatic heterocycles. The molecule has 7 heteroatoms. The van der Waals surface area contributed by atoms with Gasteiger partial charge in [0.05, 0.1) is 30.6 Å². The van der Waals surface area contributed by atoms with E-state index in [1.165, 1.54) is 25.6 Å². The van der Waals surface area contributed by atoms with Gasteiger partial charge in [0.1, 0.15) is 6.34 Å². The fourth-order valence-corrected chi connectivity index (χ4v) is 3.40. The molecule has 2 bridgehead atoms. The molecule has 0 amide bonds. The number of allylic oxidation sites excluding steroid dienone is 4. The summed E-state index contributed by atoms with van der Waals surface area (Å²) in [7, 11) is 0. The molecule has 2 atom stereocenters. The molecule has 0 aromatic rings. The summed E-state index contributed by atoms with van der Waals surface area (Å²) in [6, 6.07) is 2.21. The molecule has 30 heavy (non-hydrogen) atoms. The zero-order valence-electron chi connectivity index (χ0n) is 17.9. The SMILES string of the molecule is C/C(C#N)=C1\C2=C(N=CCN=C2)C2=CC1C=NC=N2.CCCCC(CC)COC=O. The summed E-state index contributed by atoms with van der Waals surface area (Å²) in [5.74, 6) is 0.524. The Labute approximate surface area is 178 Å². The topological polar surface area (TPSA) is 99.5 Å². The maximum absolute atomic E-state index is 9.88. The zero-order valence-corrected chi connectivity index (χ0v) is 17.9. The van der Waals surface area contributed by atoms with Gasteiger partial charge in [-0.05, 0) is 30.9 Å². The predicted octanol–water partition coefficient (Wildman–Crippen LogP) is 4.24. The first-order valence-electron chi connectivity index (χ1n) is 10.4. The van der Waals surface area contributed by atoms with E-state index in [2.05, 4.69) is 39.9 Å². The van der Waals surface area contributed by atoms with Crippen LogP contribution in [0.1, 0.15) is 46.5 Å². The molecule has 3 aliphatic rings. The molecule has 2 aliphatic heterocycles. The van der Waals surface area contributed by atoms with Crippen LogP contribution in [-0.4, -0.2) is 44.6 Å². The Balaban J connectivity index is 0.000000252. The number of carbonyl (C=O) groups excluding carboxylic acids is 1. The van der Waals surface area contributed by atoms with Gasteiger partial charge in [-0.25, -0.2) is 9.98 Å². The molecule has 3 rings (SSSR count). The number of carbonyl (C=O) groups is 1. The molecular weight excluding hydrogens is 378 g/mol. The Kier molecular flexibility index (Phi) is 9.59. The summed E-state index contributed by atoms with van der Waals surface area (Å²) in [4.78, 5) is 27.0. The number of rotatable bonds is 7. The van der Waals surface area contributed by atoms with E-state index in [-0.39, 0.29) is 5.92 Å². The van der Waals surface area contributed by atoms with Crippen LogP contribution in [-0.2, 0) is 9.53 Å². The summed E-state index contributed by atoms with van der Waals surface area (Å²) in [6.07, 6.45) is 13.6. The number of nitriles is 1. The van der Waals surface area contributed by atoms with Crippen LogP contribution in [0.3, 0.4) is 0 Å².